The molecule has 0 aromatic heterocycles. The van der Waals surface area contributed by atoms with Crippen LogP contribution in [0.3, 0.4) is 0 Å². The van der Waals surface area contributed by atoms with Crippen molar-refractivity contribution in [2.45, 2.75) is 47.0 Å². The van der Waals surface area contributed by atoms with Crippen molar-refractivity contribution >= 4 is 0 Å². The molecule has 0 N–H and O–H groups in total. The molecule has 2 aliphatic rings. The van der Waals surface area contributed by atoms with Crippen molar-refractivity contribution in [2.24, 2.45) is 29.1 Å². The lowest BCUT2D eigenvalue weighted by Crippen LogP contribution is -2.56. The SMILES string of the molecule is CC(C)C(C)C1CC2(C)CCC12. The van der Waals surface area contributed by atoms with Crippen molar-refractivity contribution in [1.29, 1.82) is 0 Å². The molecule has 4 atom stereocenters. The molecule has 70 valence electrons. The highest BCUT2D eigenvalue weighted by molar-refractivity contribution is 5.07. The second-order valence-corrected chi connectivity index (χ2v) is 5.77. The quantitative estimate of drug-likeness (QED) is 0.586. The lowest BCUT2D eigenvalue weighted by Gasteiger charge is -2.64. The highest BCUT2D eigenvalue weighted by Crippen LogP contribution is 2.66. The molecular weight excluding hydrogens is 144 g/mol. The fourth-order valence-corrected chi connectivity index (χ4v) is 3.36. The predicted molar refractivity (Wildman–Crippen MR) is 52.9 cm³/mol. The largest absolute Gasteiger partial charge is 0.0625 e. The van der Waals surface area contributed by atoms with Crippen LogP contribution in [0.1, 0.15) is 47.0 Å². The molecule has 0 nitrogen and oxygen atoms in total. The third-order valence-corrected chi connectivity index (χ3v) is 4.87. The second-order valence-electron chi connectivity index (χ2n) is 5.77. The van der Waals surface area contributed by atoms with E-state index in [2.05, 4.69) is 27.7 Å². The minimum absolute atomic E-state index is 0.799. The van der Waals surface area contributed by atoms with Crippen LogP contribution in [0.5, 0.6) is 0 Å². The Morgan fingerprint density at radius 1 is 1.25 bits per heavy atom. The Balaban J connectivity index is 1.93. The van der Waals surface area contributed by atoms with Gasteiger partial charge in [0.1, 0.15) is 0 Å². The van der Waals surface area contributed by atoms with E-state index in [9.17, 15) is 0 Å². The first-order valence-electron chi connectivity index (χ1n) is 5.54. The van der Waals surface area contributed by atoms with E-state index in [4.69, 9.17) is 0 Å². The maximum atomic E-state index is 2.49. The van der Waals surface area contributed by atoms with Crippen LogP contribution >= 0.6 is 0 Å². The normalized spacial score (nSPS) is 47.8. The summed E-state index contributed by atoms with van der Waals surface area (Å²) in [5.41, 5.74) is 0.799. The Hall–Kier alpha value is 0. The monoisotopic (exact) mass is 166 g/mol. The zero-order valence-electron chi connectivity index (χ0n) is 8.93. The van der Waals surface area contributed by atoms with Gasteiger partial charge in [0.05, 0.1) is 0 Å². The zero-order valence-corrected chi connectivity index (χ0v) is 8.93. The Bertz CT molecular complexity index is 180. The molecule has 0 heterocycles. The summed E-state index contributed by atoms with van der Waals surface area (Å²) in [6.45, 7) is 9.69. The van der Waals surface area contributed by atoms with Crippen LogP contribution in [-0.2, 0) is 0 Å². The summed E-state index contributed by atoms with van der Waals surface area (Å²) in [4.78, 5) is 0. The third-order valence-electron chi connectivity index (χ3n) is 4.87. The van der Waals surface area contributed by atoms with Gasteiger partial charge in [-0.05, 0) is 48.3 Å². The maximum Gasteiger partial charge on any atom is -0.0292 e. The van der Waals surface area contributed by atoms with E-state index in [1.807, 2.05) is 0 Å². The molecule has 0 aromatic carbocycles. The Morgan fingerprint density at radius 3 is 2.17 bits per heavy atom. The van der Waals surface area contributed by atoms with Gasteiger partial charge in [0.25, 0.3) is 0 Å². The van der Waals surface area contributed by atoms with Crippen molar-refractivity contribution in [1.82, 2.24) is 0 Å². The van der Waals surface area contributed by atoms with E-state index in [-0.39, 0.29) is 0 Å². The van der Waals surface area contributed by atoms with Crippen molar-refractivity contribution in [3.05, 3.63) is 0 Å². The van der Waals surface area contributed by atoms with Crippen LogP contribution in [0, 0.1) is 29.1 Å². The molecule has 0 bridgehead atoms. The molecule has 0 heteroatoms. The van der Waals surface area contributed by atoms with Gasteiger partial charge < -0.3 is 0 Å². The van der Waals surface area contributed by atoms with E-state index in [1.165, 1.54) is 19.3 Å². The molecule has 4 unspecified atom stereocenters. The molecule has 2 saturated carbocycles. The van der Waals surface area contributed by atoms with E-state index in [0.717, 1.165) is 29.1 Å². The minimum Gasteiger partial charge on any atom is -0.0625 e. The molecule has 2 aliphatic carbocycles. The van der Waals surface area contributed by atoms with Crippen molar-refractivity contribution in [3.8, 4) is 0 Å². The molecule has 0 spiro atoms. The van der Waals surface area contributed by atoms with Crippen molar-refractivity contribution in [2.75, 3.05) is 0 Å². The van der Waals surface area contributed by atoms with Gasteiger partial charge in [-0.2, -0.15) is 0 Å². The fourth-order valence-electron chi connectivity index (χ4n) is 3.36. The van der Waals surface area contributed by atoms with Crippen molar-refractivity contribution in [3.63, 3.8) is 0 Å². The first kappa shape index (κ1) is 8.59. The number of hydrogen-bond acceptors (Lipinski definition) is 0. The highest BCUT2D eigenvalue weighted by Gasteiger charge is 2.57. The molecule has 0 radical (unpaired) electrons. The van der Waals surface area contributed by atoms with E-state index < -0.39 is 0 Å². The van der Waals surface area contributed by atoms with Gasteiger partial charge >= 0.3 is 0 Å². The molecule has 0 aromatic rings. The summed E-state index contributed by atoms with van der Waals surface area (Å²) in [5.74, 6) is 4.03. The Morgan fingerprint density at radius 2 is 1.92 bits per heavy atom. The summed E-state index contributed by atoms with van der Waals surface area (Å²) < 4.78 is 0. The molecule has 12 heavy (non-hydrogen) atoms. The van der Waals surface area contributed by atoms with Gasteiger partial charge in [-0.15, -0.1) is 0 Å². The van der Waals surface area contributed by atoms with Crippen LogP contribution in [0.15, 0.2) is 0 Å². The van der Waals surface area contributed by atoms with Gasteiger partial charge in [-0.1, -0.05) is 27.7 Å². The third kappa shape index (κ3) is 0.963. The summed E-state index contributed by atoms with van der Waals surface area (Å²) in [6, 6.07) is 0. The minimum atomic E-state index is 0.799. The van der Waals surface area contributed by atoms with Gasteiger partial charge in [-0.25, -0.2) is 0 Å². The van der Waals surface area contributed by atoms with Crippen LogP contribution in [-0.4, -0.2) is 0 Å². The van der Waals surface area contributed by atoms with Crippen LogP contribution in [0.4, 0.5) is 0 Å². The second kappa shape index (κ2) is 2.49. The van der Waals surface area contributed by atoms with E-state index in [0.29, 0.717) is 0 Å². The summed E-state index contributed by atoms with van der Waals surface area (Å²) in [6.07, 6.45) is 4.56. The van der Waals surface area contributed by atoms with Gasteiger partial charge in [0.2, 0.25) is 0 Å². The highest BCUT2D eigenvalue weighted by atomic mass is 14.6. The van der Waals surface area contributed by atoms with E-state index in [1.54, 1.807) is 0 Å². The Kier molecular flexibility index (Phi) is 1.79. The molecule has 0 aliphatic heterocycles. The first-order chi connectivity index (χ1) is 5.54. The topological polar surface area (TPSA) is 0 Å². The van der Waals surface area contributed by atoms with Crippen LogP contribution in [0.2, 0.25) is 0 Å². The van der Waals surface area contributed by atoms with E-state index >= 15 is 0 Å². The first-order valence-corrected chi connectivity index (χ1v) is 5.54. The average Bonchev–Trinajstić information content (AvgIpc) is 2.00. The number of fused-ring (bicyclic) bond motifs is 1. The Labute approximate surface area is 76.7 Å². The standard InChI is InChI=1S/C12H22/c1-8(2)9(3)10-7-12(4)6-5-11(10)12/h8-11H,5-7H2,1-4H3. The molecular formula is C12H22. The van der Waals surface area contributed by atoms with Crippen LogP contribution in [0.25, 0.3) is 0 Å². The predicted octanol–water partition coefficient (Wildman–Crippen LogP) is 3.71. The average molecular weight is 166 g/mol. The van der Waals surface area contributed by atoms with Crippen LogP contribution < -0.4 is 0 Å². The molecule has 0 saturated heterocycles. The maximum absolute atomic E-state index is 2.49. The summed E-state index contributed by atoms with van der Waals surface area (Å²) >= 11 is 0. The van der Waals surface area contributed by atoms with Crippen molar-refractivity contribution < 1.29 is 0 Å². The lowest BCUT2D eigenvalue weighted by molar-refractivity contribution is -0.146. The lowest BCUT2D eigenvalue weighted by atomic mass is 9.41. The smallest absolute Gasteiger partial charge is 0.0292 e. The molecule has 2 fully saturated rings. The van der Waals surface area contributed by atoms with Gasteiger partial charge in [-0.3, -0.25) is 0 Å². The number of hydrogen-bond donors (Lipinski definition) is 0. The summed E-state index contributed by atoms with van der Waals surface area (Å²) in [7, 11) is 0. The molecule has 2 rings (SSSR count). The van der Waals surface area contributed by atoms with Gasteiger partial charge in [0.15, 0.2) is 0 Å². The summed E-state index contributed by atoms with van der Waals surface area (Å²) in [5, 5.41) is 0. The van der Waals surface area contributed by atoms with Gasteiger partial charge in [0, 0.05) is 0 Å². The number of rotatable bonds is 2. The zero-order chi connectivity index (χ0) is 8.93. The molecule has 0 amide bonds. The fraction of sp³-hybridized carbons (Fsp3) is 1.00.